The molecule has 19 heavy (non-hydrogen) atoms. The number of aromatic nitrogens is 2. The van der Waals surface area contributed by atoms with Crippen molar-refractivity contribution in [1.29, 1.82) is 0 Å². The van der Waals surface area contributed by atoms with Crippen LogP contribution in [0.25, 0.3) is 0 Å². The lowest BCUT2D eigenvalue weighted by Crippen LogP contribution is -2.31. The van der Waals surface area contributed by atoms with Crippen LogP contribution in [0.3, 0.4) is 0 Å². The number of nitrogens with zero attached hydrogens (tertiary/aromatic N) is 2. The molecule has 6 nitrogen and oxygen atoms in total. The van der Waals surface area contributed by atoms with Gasteiger partial charge in [-0.1, -0.05) is 0 Å². The number of rotatable bonds is 3. The van der Waals surface area contributed by atoms with Crippen LogP contribution in [0, 0.1) is 10.5 Å². The maximum absolute atomic E-state index is 12.1. The molecule has 0 fully saturated rings. The number of nitrogens with one attached hydrogen (secondary N) is 1. The molecule has 0 aromatic carbocycles. The number of hydrazine groups is 1. The number of amides is 1. The lowest BCUT2D eigenvalue weighted by molar-refractivity contribution is 0.0956. The summed E-state index contributed by atoms with van der Waals surface area (Å²) in [6, 6.07) is 1.81. The summed E-state index contributed by atoms with van der Waals surface area (Å²) < 4.78 is 2.08. The highest BCUT2D eigenvalue weighted by molar-refractivity contribution is 14.1. The molecule has 100 valence electrons. The SMILES string of the molecule is Cc1ncc(I)c(=O)n1Cc1ccsc1C(=O)NN. The van der Waals surface area contributed by atoms with E-state index in [2.05, 4.69) is 10.4 Å². The van der Waals surface area contributed by atoms with Gasteiger partial charge in [-0.25, -0.2) is 10.8 Å². The number of nitrogens with two attached hydrogens (primary N) is 1. The Morgan fingerprint density at radius 1 is 1.63 bits per heavy atom. The summed E-state index contributed by atoms with van der Waals surface area (Å²) >= 11 is 3.23. The predicted molar refractivity (Wildman–Crippen MR) is 81.0 cm³/mol. The quantitative estimate of drug-likeness (QED) is 0.352. The van der Waals surface area contributed by atoms with Gasteiger partial charge in [0.2, 0.25) is 0 Å². The largest absolute Gasteiger partial charge is 0.291 e. The van der Waals surface area contributed by atoms with Crippen molar-refractivity contribution in [3.8, 4) is 0 Å². The molecule has 2 aromatic rings. The third-order valence-corrected chi connectivity index (χ3v) is 4.31. The highest BCUT2D eigenvalue weighted by Gasteiger charge is 2.14. The van der Waals surface area contributed by atoms with E-state index in [1.165, 1.54) is 22.1 Å². The Morgan fingerprint density at radius 2 is 2.37 bits per heavy atom. The van der Waals surface area contributed by atoms with Gasteiger partial charge in [0.05, 0.1) is 15.0 Å². The van der Waals surface area contributed by atoms with Crippen LogP contribution in [0.2, 0.25) is 0 Å². The topological polar surface area (TPSA) is 90.0 Å². The van der Waals surface area contributed by atoms with Crippen molar-refractivity contribution in [3.05, 3.63) is 47.8 Å². The second kappa shape index (κ2) is 5.80. The van der Waals surface area contributed by atoms with E-state index < -0.39 is 0 Å². The molecule has 2 heterocycles. The van der Waals surface area contributed by atoms with E-state index in [4.69, 9.17) is 5.84 Å². The molecule has 2 aromatic heterocycles. The highest BCUT2D eigenvalue weighted by atomic mass is 127. The maximum atomic E-state index is 12.1. The number of aryl methyl sites for hydroxylation is 1. The number of halogens is 1. The van der Waals surface area contributed by atoms with E-state index >= 15 is 0 Å². The molecule has 0 atom stereocenters. The predicted octanol–water partition coefficient (Wildman–Crippen LogP) is 0.870. The van der Waals surface area contributed by atoms with E-state index in [1.807, 2.05) is 22.6 Å². The van der Waals surface area contributed by atoms with E-state index in [0.717, 1.165) is 5.56 Å². The van der Waals surface area contributed by atoms with Crippen LogP contribution in [0.1, 0.15) is 21.1 Å². The fraction of sp³-hybridized carbons (Fsp3) is 0.182. The van der Waals surface area contributed by atoms with Crippen molar-refractivity contribution >= 4 is 39.8 Å². The zero-order valence-electron chi connectivity index (χ0n) is 10.0. The van der Waals surface area contributed by atoms with E-state index in [9.17, 15) is 9.59 Å². The molecule has 0 bridgehead atoms. The first-order valence-corrected chi connectivity index (χ1v) is 7.29. The first-order valence-electron chi connectivity index (χ1n) is 5.34. The standard InChI is InChI=1S/C11H11IN4O2S/c1-6-14-4-8(12)11(18)16(6)5-7-2-3-19-9(7)10(17)15-13/h2-4H,5,13H2,1H3,(H,15,17). The first-order chi connectivity index (χ1) is 9.04. The van der Waals surface area contributed by atoms with Crippen molar-refractivity contribution in [2.24, 2.45) is 5.84 Å². The number of carbonyl (C=O) groups excluding carboxylic acids is 1. The van der Waals surface area contributed by atoms with E-state index in [1.54, 1.807) is 18.4 Å². The number of thiophene rings is 1. The lowest BCUT2D eigenvalue weighted by atomic mass is 10.2. The van der Waals surface area contributed by atoms with Gasteiger partial charge in [-0.2, -0.15) is 0 Å². The van der Waals surface area contributed by atoms with Crippen molar-refractivity contribution < 1.29 is 4.79 Å². The number of hydrogen-bond acceptors (Lipinski definition) is 5. The fourth-order valence-electron chi connectivity index (χ4n) is 1.63. The number of hydrogen-bond donors (Lipinski definition) is 2. The Kier molecular flexibility index (Phi) is 4.32. The fourth-order valence-corrected chi connectivity index (χ4v) is 2.88. The summed E-state index contributed by atoms with van der Waals surface area (Å²) in [5.74, 6) is 5.39. The molecule has 2 rings (SSSR count). The first kappa shape index (κ1) is 14.2. The molecule has 0 unspecified atom stereocenters. The maximum Gasteiger partial charge on any atom is 0.275 e. The molecule has 8 heteroatoms. The molecule has 0 saturated carbocycles. The molecule has 0 aliphatic rings. The molecule has 3 N–H and O–H groups in total. The average Bonchev–Trinajstić information content (AvgIpc) is 2.86. The molecule has 0 radical (unpaired) electrons. The Bertz CT molecular complexity index is 680. The molecule has 0 aliphatic carbocycles. The summed E-state index contributed by atoms with van der Waals surface area (Å²) in [4.78, 5) is 28.3. The van der Waals surface area contributed by atoms with Gasteiger partial charge < -0.3 is 0 Å². The van der Waals surface area contributed by atoms with Crippen LogP contribution in [-0.2, 0) is 6.54 Å². The van der Waals surface area contributed by atoms with Gasteiger partial charge in [-0.3, -0.25) is 19.6 Å². The Hall–Kier alpha value is -1.26. The zero-order chi connectivity index (χ0) is 14.0. The van der Waals surface area contributed by atoms with Crippen LogP contribution in [0.5, 0.6) is 0 Å². The minimum atomic E-state index is -0.353. The van der Waals surface area contributed by atoms with Gasteiger partial charge in [-0.05, 0) is 46.5 Å². The Labute approximate surface area is 126 Å². The van der Waals surface area contributed by atoms with Gasteiger partial charge in [0.25, 0.3) is 11.5 Å². The minimum Gasteiger partial charge on any atom is -0.291 e. The molecule has 0 saturated heterocycles. The van der Waals surface area contributed by atoms with Crippen LogP contribution < -0.4 is 16.8 Å². The summed E-state index contributed by atoms with van der Waals surface area (Å²) in [7, 11) is 0. The lowest BCUT2D eigenvalue weighted by Gasteiger charge is -2.09. The summed E-state index contributed by atoms with van der Waals surface area (Å²) in [6.07, 6.45) is 1.54. The van der Waals surface area contributed by atoms with Gasteiger partial charge in [-0.15, -0.1) is 11.3 Å². The Morgan fingerprint density at radius 3 is 3.05 bits per heavy atom. The summed E-state index contributed by atoms with van der Waals surface area (Å²) in [6.45, 7) is 2.06. The molecular weight excluding hydrogens is 379 g/mol. The normalized spacial score (nSPS) is 10.5. The second-order valence-electron chi connectivity index (χ2n) is 3.79. The molecule has 1 amide bonds. The van der Waals surface area contributed by atoms with Gasteiger partial charge in [0, 0.05) is 6.20 Å². The van der Waals surface area contributed by atoms with E-state index in [0.29, 0.717) is 20.8 Å². The third-order valence-electron chi connectivity index (χ3n) is 2.62. The highest BCUT2D eigenvalue weighted by Crippen LogP contribution is 2.17. The zero-order valence-corrected chi connectivity index (χ0v) is 13.0. The molecule has 0 aliphatic heterocycles. The summed E-state index contributed by atoms with van der Waals surface area (Å²) in [5.41, 5.74) is 2.74. The van der Waals surface area contributed by atoms with Gasteiger partial charge in [0.1, 0.15) is 5.82 Å². The third kappa shape index (κ3) is 2.85. The van der Waals surface area contributed by atoms with E-state index in [-0.39, 0.29) is 11.5 Å². The average molecular weight is 390 g/mol. The Balaban J connectivity index is 2.43. The van der Waals surface area contributed by atoms with Gasteiger partial charge in [0.15, 0.2) is 0 Å². The number of nitrogen functional groups attached to an aromatic ring is 1. The van der Waals surface area contributed by atoms with Crippen molar-refractivity contribution in [2.45, 2.75) is 13.5 Å². The van der Waals surface area contributed by atoms with Crippen LogP contribution >= 0.6 is 33.9 Å². The van der Waals surface area contributed by atoms with Crippen molar-refractivity contribution in [2.75, 3.05) is 0 Å². The minimum absolute atomic E-state index is 0.113. The van der Waals surface area contributed by atoms with Crippen LogP contribution in [0.15, 0.2) is 22.4 Å². The smallest absolute Gasteiger partial charge is 0.275 e. The molecular formula is C11H11IN4O2S. The van der Waals surface area contributed by atoms with Crippen molar-refractivity contribution in [1.82, 2.24) is 15.0 Å². The van der Waals surface area contributed by atoms with Gasteiger partial charge >= 0.3 is 0 Å². The van der Waals surface area contributed by atoms with Crippen LogP contribution in [0.4, 0.5) is 0 Å². The monoisotopic (exact) mass is 390 g/mol. The summed E-state index contributed by atoms with van der Waals surface area (Å²) in [5, 5.41) is 1.79. The molecule has 0 spiro atoms. The van der Waals surface area contributed by atoms with Crippen LogP contribution in [-0.4, -0.2) is 15.5 Å². The number of carbonyl (C=O) groups is 1. The second-order valence-corrected chi connectivity index (χ2v) is 5.87. The van der Waals surface area contributed by atoms with Crippen molar-refractivity contribution in [3.63, 3.8) is 0 Å².